The van der Waals surface area contributed by atoms with Crippen molar-refractivity contribution in [3.8, 4) is 17.5 Å². The first kappa shape index (κ1) is 21.2. The van der Waals surface area contributed by atoms with Crippen molar-refractivity contribution in [2.24, 2.45) is 0 Å². The predicted octanol–water partition coefficient (Wildman–Crippen LogP) is 4.05. The highest BCUT2D eigenvalue weighted by Crippen LogP contribution is 2.29. The monoisotopic (exact) mass is 419 g/mol. The van der Waals surface area contributed by atoms with E-state index < -0.39 is 0 Å². The van der Waals surface area contributed by atoms with Gasteiger partial charge in [0.15, 0.2) is 11.5 Å². The van der Waals surface area contributed by atoms with E-state index >= 15 is 0 Å². The highest BCUT2D eigenvalue weighted by atomic mass is 35.5. The van der Waals surface area contributed by atoms with Crippen LogP contribution in [0.2, 0.25) is 5.02 Å². The summed E-state index contributed by atoms with van der Waals surface area (Å²) in [5.41, 5.74) is 0.560. The molecular formula is C21H26ClN3O4. The molecule has 7 nitrogen and oxygen atoms in total. The van der Waals surface area contributed by atoms with E-state index in [9.17, 15) is 4.79 Å². The second kappa shape index (κ2) is 10.3. The Kier molecular flexibility index (Phi) is 7.52. The Labute approximate surface area is 175 Å². The molecule has 3 rings (SSSR count). The Morgan fingerprint density at radius 1 is 1.07 bits per heavy atom. The second-order valence-electron chi connectivity index (χ2n) is 6.78. The Hall–Kier alpha value is -2.54. The van der Waals surface area contributed by atoms with E-state index in [1.54, 1.807) is 18.2 Å². The van der Waals surface area contributed by atoms with Crippen LogP contribution in [0.15, 0.2) is 30.6 Å². The van der Waals surface area contributed by atoms with Gasteiger partial charge in [0.05, 0.1) is 30.6 Å². The largest absolute Gasteiger partial charge is 0.490 e. The van der Waals surface area contributed by atoms with E-state index in [1.165, 1.54) is 12.4 Å². The first-order valence-electron chi connectivity index (χ1n) is 9.93. The number of hydrogen-bond donors (Lipinski definition) is 1. The maximum Gasteiger partial charge on any atom is 0.316 e. The average molecular weight is 420 g/mol. The molecule has 1 N–H and O–H groups in total. The van der Waals surface area contributed by atoms with Gasteiger partial charge in [-0.15, -0.1) is 0 Å². The normalized spacial score (nSPS) is 18.7. The van der Waals surface area contributed by atoms with Gasteiger partial charge in [0.25, 0.3) is 5.91 Å². The lowest BCUT2D eigenvalue weighted by Gasteiger charge is -2.28. The standard InChI is InChI=1S/C21H26ClN3O4/c1-3-27-18-10-5-14(11-19(18)28-4-2)20(26)25-16-6-8-17(9-7-16)29-21-23-12-15(22)13-24-21/h5,10-13,16-17H,3-4,6-9H2,1-2H3,(H,25,26). The van der Waals surface area contributed by atoms with E-state index in [-0.39, 0.29) is 18.1 Å². The molecule has 1 aliphatic rings. The number of hydrogen-bond acceptors (Lipinski definition) is 6. The molecule has 1 amide bonds. The second-order valence-corrected chi connectivity index (χ2v) is 7.21. The van der Waals surface area contributed by atoms with Gasteiger partial charge < -0.3 is 19.5 Å². The maximum absolute atomic E-state index is 12.7. The number of aromatic nitrogens is 2. The minimum absolute atomic E-state index is 0.0411. The Bertz CT molecular complexity index is 808. The van der Waals surface area contributed by atoms with Gasteiger partial charge in [-0.05, 0) is 57.7 Å². The van der Waals surface area contributed by atoms with Gasteiger partial charge in [-0.3, -0.25) is 4.79 Å². The van der Waals surface area contributed by atoms with Gasteiger partial charge in [-0.25, -0.2) is 9.97 Å². The van der Waals surface area contributed by atoms with E-state index in [2.05, 4.69) is 15.3 Å². The number of carbonyl (C=O) groups excluding carboxylic acids is 1. The van der Waals surface area contributed by atoms with Crippen molar-refractivity contribution in [1.29, 1.82) is 0 Å². The van der Waals surface area contributed by atoms with Crippen LogP contribution in [-0.2, 0) is 0 Å². The van der Waals surface area contributed by atoms with Crippen molar-refractivity contribution in [2.45, 2.75) is 51.7 Å². The summed E-state index contributed by atoms with van der Waals surface area (Å²) in [4.78, 5) is 20.8. The molecule has 2 aromatic rings. The van der Waals surface area contributed by atoms with Crippen LogP contribution in [-0.4, -0.2) is 41.2 Å². The first-order valence-corrected chi connectivity index (χ1v) is 10.3. The third-order valence-electron chi connectivity index (χ3n) is 4.68. The van der Waals surface area contributed by atoms with Crippen molar-refractivity contribution >= 4 is 17.5 Å². The molecule has 0 atom stereocenters. The molecule has 0 radical (unpaired) electrons. The highest BCUT2D eigenvalue weighted by Gasteiger charge is 2.25. The van der Waals surface area contributed by atoms with Gasteiger partial charge in [0, 0.05) is 11.6 Å². The minimum atomic E-state index is -0.112. The summed E-state index contributed by atoms with van der Waals surface area (Å²) in [6.45, 7) is 4.86. The van der Waals surface area contributed by atoms with Crippen LogP contribution in [0.1, 0.15) is 49.9 Å². The number of nitrogens with one attached hydrogen (secondary N) is 1. The zero-order valence-electron chi connectivity index (χ0n) is 16.7. The molecule has 1 heterocycles. The van der Waals surface area contributed by atoms with Crippen LogP contribution in [0, 0.1) is 0 Å². The minimum Gasteiger partial charge on any atom is -0.490 e. The van der Waals surface area contributed by atoms with E-state index in [0.29, 0.717) is 41.3 Å². The summed E-state index contributed by atoms with van der Waals surface area (Å²) in [7, 11) is 0. The van der Waals surface area contributed by atoms with Crippen molar-refractivity contribution in [3.05, 3.63) is 41.2 Å². The summed E-state index contributed by atoms with van der Waals surface area (Å²) in [5, 5.41) is 3.59. The van der Waals surface area contributed by atoms with Gasteiger partial charge in [0.2, 0.25) is 0 Å². The fourth-order valence-corrected chi connectivity index (χ4v) is 3.39. The topological polar surface area (TPSA) is 82.6 Å². The molecule has 0 bridgehead atoms. The third-order valence-corrected chi connectivity index (χ3v) is 4.88. The molecule has 0 spiro atoms. The highest BCUT2D eigenvalue weighted by molar-refractivity contribution is 6.30. The number of ether oxygens (including phenoxy) is 3. The van der Waals surface area contributed by atoms with Crippen LogP contribution >= 0.6 is 11.6 Å². The van der Waals surface area contributed by atoms with Crippen LogP contribution in [0.4, 0.5) is 0 Å². The molecule has 29 heavy (non-hydrogen) atoms. The van der Waals surface area contributed by atoms with Crippen LogP contribution in [0.25, 0.3) is 0 Å². The van der Waals surface area contributed by atoms with Crippen LogP contribution in [0.5, 0.6) is 17.5 Å². The smallest absolute Gasteiger partial charge is 0.316 e. The number of nitrogens with zero attached hydrogens (tertiary/aromatic N) is 2. The Morgan fingerprint density at radius 3 is 2.38 bits per heavy atom. The summed E-state index contributed by atoms with van der Waals surface area (Å²) in [5.74, 6) is 1.12. The number of carbonyl (C=O) groups is 1. The van der Waals surface area contributed by atoms with Crippen LogP contribution in [0.3, 0.4) is 0 Å². The molecule has 0 aliphatic heterocycles. The SMILES string of the molecule is CCOc1ccc(C(=O)NC2CCC(Oc3ncc(Cl)cn3)CC2)cc1OCC. The molecule has 1 aromatic heterocycles. The average Bonchev–Trinajstić information content (AvgIpc) is 2.73. The fourth-order valence-electron chi connectivity index (χ4n) is 3.30. The zero-order chi connectivity index (χ0) is 20.6. The molecule has 1 fully saturated rings. The number of benzene rings is 1. The van der Waals surface area contributed by atoms with Crippen molar-refractivity contribution in [3.63, 3.8) is 0 Å². The van der Waals surface area contributed by atoms with Crippen molar-refractivity contribution in [1.82, 2.24) is 15.3 Å². The van der Waals surface area contributed by atoms with Gasteiger partial charge in [-0.2, -0.15) is 0 Å². The summed E-state index contributed by atoms with van der Waals surface area (Å²) >= 11 is 5.79. The molecule has 0 saturated heterocycles. The lowest BCUT2D eigenvalue weighted by molar-refractivity contribution is 0.0884. The zero-order valence-corrected chi connectivity index (χ0v) is 17.4. The third kappa shape index (κ3) is 5.97. The lowest BCUT2D eigenvalue weighted by atomic mass is 9.92. The predicted molar refractivity (Wildman–Crippen MR) is 110 cm³/mol. The molecule has 1 saturated carbocycles. The Balaban J connectivity index is 1.52. The van der Waals surface area contributed by atoms with Crippen LogP contribution < -0.4 is 19.5 Å². The number of halogens is 1. The molecule has 8 heteroatoms. The summed E-state index contributed by atoms with van der Waals surface area (Å²) in [6, 6.07) is 5.71. The van der Waals surface area contributed by atoms with Crippen molar-refractivity contribution in [2.75, 3.05) is 13.2 Å². The molecule has 0 unspecified atom stereocenters. The lowest BCUT2D eigenvalue weighted by Crippen LogP contribution is -2.39. The number of rotatable bonds is 8. The van der Waals surface area contributed by atoms with Crippen molar-refractivity contribution < 1.29 is 19.0 Å². The van der Waals surface area contributed by atoms with E-state index in [4.69, 9.17) is 25.8 Å². The summed E-state index contributed by atoms with van der Waals surface area (Å²) in [6.07, 6.45) is 6.39. The van der Waals surface area contributed by atoms with Gasteiger partial charge in [-0.1, -0.05) is 11.6 Å². The molecule has 1 aromatic carbocycles. The first-order chi connectivity index (χ1) is 14.1. The Morgan fingerprint density at radius 2 is 1.72 bits per heavy atom. The van der Waals surface area contributed by atoms with E-state index in [0.717, 1.165) is 25.7 Å². The van der Waals surface area contributed by atoms with E-state index in [1.807, 2.05) is 13.8 Å². The fraction of sp³-hybridized carbons (Fsp3) is 0.476. The number of amides is 1. The molecule has 156 valence electrons. The summed E-state index contributed by atoms with van der Waals surface area (Å²) < 4.78 is 17.0. The quantitative estimate of drug-likeness (QED) is 0.695. The van der Waals surface area contributed by atoms with Gasteiger partial charge >= 0.3 is 6.01 Å². The molecular weight excluding hydrogens is 394 g/mol. The molecule has 1 aliphatic carbocycles. The maximum atomic E-state index is 12.7. The van der Waals surface area contributed by atoms with Gasteiger partial charge in [0.1, 0.15) is 6.10 Å².